The van der Waals surface area contributed by atoms with Crippen molar-refractivity contribution in [3.05, 3.63) is 70.8 Å². The average molecular weight is 564 g/mol. The van der Waals surface area contributed by atoms with Gasteiger partial charge in [-0.3, -0.25) is 14.9 Å². The van der Waals surface area contributed by atoms with Crippen LogP contribution in [0.4, 0.5) is 16.2 Å². The van der Waals surface area contributed by atoms with E-state index < -0.39 is 17.8 Å². The molecule has 0 atom stereocenters. The fourth-order valence-electron chi connectivity index (χ4n) is 9.31. The van der Waals surface area contributed by atoms with Gasteiger partial charge in [0.15, 0.2) is 0 Å². The predicted molar refractivity (Wildman–Crippen MR) is 167 cm³/mol. The van der Waals surface area contributed by atoms with Crippen LogP contribution in [0, 0.1) is 17.8 Å². The Bertz CT molecular complexity index is 1510. The topological polar surface area (TPSA) is 69.7 Å². The number of fused-ring (bicyclic) bond motifs is 1. The first-order chi connectivity index (χ1) is 20.1. The van der Waals surface area contributed by atoms with Crippen molar-refractivity contribution in [1.82, 2.24) is 5.32 Å². The Balaban J connectivity index is 1.17. The number of urea groups is 1. The number of nitrogens with zero attached hydrogens (tertiary/aromatic N) is 2. The van der Waals surface area contributed by atoms with E-state index in [2.05, 4.69) is 62.2 Å². The van der Waals surface area contributed by atoms with E-state index in [4.69, 9.17) is 0 Å². The van der Waals surface area contributed by atoms with E-state index >= 15 is 0 Å². The van der Waals surface area contributed by atoms with Crippen molar-refractivity contribution >= 4 is 40.9 Å². The highest BCUT2D eigenvalue weighted by Gasteiger charge is 2.51. The van der Waals surface area contributed by atoms with Gasteiger partial charge >= 0.3 is 6.03 Å². The molecule has 6 aliphatic rings. The molecule has 5 fully saturated rings. The van der Waals surface area contributed by atoms with E-state index in [1.165, 1.54) is 44.1 Å². The number of anilines is 2. The van der Waals surface area contributed by atoms with Gasteiger partial charge in [0.1, 0.15) is 5.57 Å². The number of carbonyl (C=O) groups excluding carboxylic acids is 3. The molecule has 2 aromatic carbocycles. The van der Waals surface area contributed by atoms with E-state index in [9.17, 15) is 14.4 Å². The molecule has 4 amide bonds. The Morgan fingerprint density at radius 3 is 2.19 bits per heavy atom. The van der Waals surface area contributed by atoms with Gasteiger partial charge in [0.2, 0.25) is 0 Å². The summed E-state index contributed by atoms with van der Waals surface area (Å²) in [6, 6.07) is 13.4. The largest absolute Gasteiger partial charge is 0.362 e. The lowest BCUT2D eigenvalue weighted by atomic mass is 9.48. The molecule has 1 saturated heterocycles. The normalized spacial score (nSPS) is 30.5. The highest BCUT2D eigenvalue weighted by Crippen LogP contribution is 2.60. The Kier molecular flexibility index (Phi) is 6.27. The zero-order valence-electron chi connectivity index (χ0n) is 25.2. The van der Waals surface area contributed by atoms with Crippen molar-refractivity contribution < 1.29 is 14.4 Å². The molecule has 0 spiro atoms. The monoisotopic (exact) mass is 563 g/mol. The average Bonchev–Trinajstić information content (AvgIpc) is 2.93. The smallest absolute Gasteiger partial charge is 0.335 e. The molecule has 0 aromatic heterocycles. The summed E-state index contributed by atoms with van der Waals surface area (Å²) in [6.07, 6.45) is 12.8. The molecule has 4 bridgehead atoms. The lowest BCUT2D eigenvalue weighted by Crippen LogP contribution is -2.54. The van der Waals surface area contributed by atoms with Gasteiger partial charge in [0.05, 0.1) is 11.2 Å². The number of hydrogen-bond acceptors (Lipinski definition) is 4. The van der Waals surface area contributed by atoms with Crippen molar-refractivity contribution in [1.29, 1.82) is 0 Å². The van der Waals surface area contributed by atoms with Crippen molar-refractivity contribution in [2.75, 3.05) is 16.3 Å². The van der Waals surface area contributed by atoms with Gasteiger partial charge < -0.3 is 4.90 Å². The molecule has 0 unspecified atom stereocenters. The maximum atomic E-state index is 13.7. The Morgan fingerprint density at radius 1 is 0.929 bits per heavy atom. The van der Waals surface area contributed by atoms with Gasteiger partial charge in [0.25, 0.3) is 11.8 Å². The van der Waals surface area contributed by atoms with Crippen molar-refractivity contribution in [3.8, 4) is 0 Å². The van der Waals surface area contributed by atoms with Crippen LogP contribution < -0.4 is 15.1 Å². The number of carbonyl (C=O) groups is 3. The first-order valence-corrected chi connectivity index (χ1v) is 15.7. The number of barbiturate groups is 1. The number of allylic oxidation sites excluding steroid dienone is 1. The molecule has 0 radical (unpaired) electrons. The van der Waals surface area contributed by atoms with Gasteiger partial charge in [-0.25, -0.2) is 9.69 Å². The van der Waals surface area contributed by atoms with Gasteiger partial charge in [-0.1, -0.05) is 31.2 Å². The van der Waals surface area contributed by atoms with Gasteiger partial charge in [-0.15, -0.1) is 0 Å². The van der Waals surface area contributed by atoms with E-state index in [0.29, 0.717) is 5.69 Å². The van der Waals surface area contributed by atoms with Crippen LogP contribution in [0.3, 0.4) is 0 Å². The van der Waals surface area contributed by atoms with Crippen LogP contribution in [-0.4, -0.2) is 29.9 Å². The van der Waals surface area contributed by atoms with Gasteiger partial charge in [-0.2, -0.15) is 0 Å². The van der Waals surface area contributed by atoms with Crippen LogP contribution in [0.25, 0.3) is 11.6 Å². The molecular formula is C36H41N3O3. The summed E-state index contributed by atoms with van der Waals surface area (Å²) >= 11 is 0. The first kappa shape index (κ1) is 27.2. The zero-order chi connectivity index (χ0) is 29.4. The van der Waals surface area contributed by atoms with Crippen LogP contribution in [0.15, 0.2) is 54.1 Å². The number of benzene rings is 2. The number of imide groups is 2. The third-order valence-corrected chi connectivity index (χ3v) is 10.6. The molecule has 8 rings (SSSR count). The minimum absolute atomic E-state index is 0.0390. The van der Waals surface area contributed by atoms with Crippen LogP contribution in [0.5, 0.6) is 0 Å². The lowest BCUT2D eigenvalue weighted by molar-refractivity contribution is -0.122. The standard InChI is InChI=1S/C36H41N3O3/c1-5-12-38-31-11-6-23(16-29(31)22(2)18-35(38,3)4)17-30-32(40)37-34(42)39(33(30)41)28-9-7-27(8-10-28)36-19-24-13-25(20-36)15-26(14-24)21-36/h6-11,16-18,24-26H,5,12-15,19-21H2,1-4H3,(H,37,40,42)/b30-17-. The summed E-state index contributed by atoms with van der Waals surface area (Å²) in [5, 5.41) is 2.40. The zero-order valence-corrected chi connectivity index (χ0v) is 25.2. The molecule has 2 heterocycles. The highest BCUT2D eigenvalue weighted by atomic mass is 16.2. The van der Waals surface area contributed by atoms with Crippen LogP contribution >= 0.6 is 0 Å². The molecule has 6 nitrogen and oxygen atoms in total. The third kappa shape index (κ3) is 4.33. The van der Waals surface area contributed by atoms with E-state index in [1.807, 2.05) is 24.3 Å². The minimum Gasteiger partial charge on any atom is -0.362 e. The predicted octanol–water partition coefficient (Wildman–Crippen LogP) is 7.23. The molecule has 218 valence electrons. The SMILES string of the molecule is CCCN1c2ccc(/C=C3/C(=O)NC(=O)N(c4ccc(C56CC7CC(CC(C7)C5)C6)cc4)C3=O)cc2C(C)=CC1(C)C. The molecular weight excluding hydrogens is 522 g/mol. The van der Waals surface area contributed by atoms with Crippen LogP contribution in [0.1, 0.15) is 89.3 Å². The maximum absolute atomic E-state index is 13.7. The summed E-state index contributed by atoms with van der Waals surface area (Å²) < 4.78 is 0. The first-order valence-electron chi connectivity index (χ1n) is 15.7. The fraction of sp³-hybridized carbons (Fsp3) is 0.472. The second-order valence-corrected chi connectivity index (χ2v) is 14.1. The summed E-state index contributed by atoms with van der Waals surface area (Å²) in [7, 11) is 0. The lowest BCUT2D eigenvalue weighted by Gasteiger charge is -2.57. The van der Waals surface area contributed by atoms with Gasteiger partial charge in [-0.05, 0) is 136 Å². The van der Waals surface area contributed by atoms with Gasteiger partial charge in [0, 0.05) is 17.8 Å². The number of hydrogen-bond donors (Lipinski definition) is 1. The summed E-state index contributed by atoms with van der Waals surface area (Å²) in [5.74, 6) is 1.27. The van der Waals surface area contributed by atoms with E-state index in [-0.39, 0.29) is 16.5 Å². The Morgan fingerprint density at radius 2 is 1.57 bits per heavy atom. The summed E-state index contributed by atoms with van der Waals surface area (Å²) in [5.41, 5.74) is 6.09. The molecule has 4 saturated carbocycles. The number of rotatable bonds is 5. The Labute approximate surface area is 248 Å². The second-order valence-electron chi connectivity index (χ2n) is 14.1. The van der Waals surface area contributed by atoms with Crippen molar-refractivity contribution in [2.45, 2.75) is 83.6 Å². The maximum Gasteiger partial charge on any atom is 0.335 e. The molecule has 6 heteroatoms. The minimum atomic E-state index is -0.702. The molecule has 1 N–H and O–H groups in total. The Hall–Kier alpha value is -3.67. The second kappa shape index (κ2) is 9.68. The number of nitrogens with one attached hydrogen (secondary N) is 1. The van der Waals surface area contributed by atoms with Crippen molar-refractivity contribution in [3.63, 3.8) is 0 Å². The van der Waals surface area contributed by atoms with Crippen LogP contribution in [-0.2, 0) is 15.0 Å². The summed E-state index contributed by atoms with van der Waals surface area (Å²) in [4.78, 5) is 43.1. The van der Waals surface area contributed by atoms with E-state index in [0.717, 1.165) is 58.0 Å². The summed E-state index contributed by atoms with van der Waals surface area (Å²) in [6.45, 7) is 9.65. The number of amides is 4. The highest BCUT2D eigenvalue weighted by molar-refractivity contribution is 6.39. The fourth-order valence-corrected chi connectivity index (χ4v) is 9.31. The third-order valence-electron chi connectivity index (χ3n) is 10.6. The van der Waals surface area contributed by atoms with E-state index in [1.54, 1.807) is 6.08 Å². The quantitative estimate of drug-likeness (QED) is 0.308. The van der Waals surface area contributed by atoms with Crippen LogP contribution in [0.2, 0.25) is 0 Å². The molecule has 4 aliphatic carbocycles. The molecule has 2 aliphatic heterocycles. The molecule has 2 aromatic rings. The molecule has 42 heavy (non-hydrogen) atoms. The van der Waals surface area contributed by atoms with Crippen molar-refractivity contribution in [2.24, 2.45) is 17.8 Å².